The van der Waals surface area contributed by atoms with Gasteiger partial charge in [0.25, 0.3) is 0 Å². The second kappa shape index (κ2) is 10.1. The van der Waals surface area contributed by atoms with E-state index in [9.17, 15) is 36.0 Å². The molecule has 7 nitrogen and oxygen atoms in total. The number of rotatable bonds is 9. The maximum atomic E-state index is 13.2. The molecule has 0 heterocycles. The van der Waals surface area contributed by atoms with Gasteiger partial charge in [-0.25, -0.2) is 17.9 Å². The van der Waals surface area contributed by atoms with Crippen molar-refractivity contribution in [2.75, 3.05) is 5.75 Å². The summed E-state index contributed by atoms with van der Waals surface area (Å²) in [6.45, 7) is 0. The average Bonchev–Trinajstić information content (AvgIpc) is 2.78. The summed E-state index contributed by atoms with van der Waals surface area (Å²) in [5, 5.41) is 10.0. The number of hydrogen-bond acceptors (Lipinski definition) is 6. The lowest BCUT2D eigenvalue weighted by atomic mass is 10.1. The summed E-state index contributed by atoms with van der Waals surface area (Å²) >= 11 is 0. The third kappa shape index (κ3) is 6.68. The Morgan fingerprint density at radius 1 is 0.882 bits per heavy atom. The molecule has 0 aliphatic carbocycles. The highest BCUT2D eigenvalue weighted by molar-refractivity contribution is 7.91. The lowest BCUT2D eigenvalue weighted by Crippen LogP contribution is -2.30. The van der Waals surface area contributed by atoms with Gasteiger partial charge in [0.2, 0.25) is 6.41 Å². The lowest BCUT2D eigenvalue weighted by Gasteiger charge is -2.23. The molecule has 0 bridgehead atoms. The number of alkyl halides is 3. The smallest absolute Gasteiger partial charge is 0.457 e. The first-order chi connectivity index (χ1) is 16.0. The van der Waals surface area contributed by atoms with Crippen molar-refractivity contribution in [3.05, 3.63) is 84.2 Å². The molecule has 180 valence electrons. The van der Waals surface area contributed by atoms with Crippen LogP contribution in [-0.4, -0.2) is 37.2 Å². The van der Waals surface area contributed by atoms with Gasteiger partial charge >= 0.3 is 6.36 Å². The molecule has 0 spiro atoms. The summed E-state index contributed by atoms with van der Waals surface area (Å²) in [5.74, 6) is -1.29. The Labute approximate surface area is 191 Å². The summed E-state index contributed by atoms with van der Waals surface area (Å²) < 4.78 is 84.8. The average molecular weight is 499 g/mol. The Morgan fingerprint density at radius 3 is 1.88 bits per heavy atom. The van der Waals surface area contributed by atoms with E-state index in [1.54, 1.807) is 0 Å². The normalized spacial score (nSPS) is 12.6. The van der Waals surface area contributed by atoms with Gasteiger partial charge in [0.15, 0.2) is 9.84 Å². The lowest BCUT2D eigenvalue weighted by molar-refractivity contribution is -0.274. The van der Waals surface area contributed by atoms with Crippen LogP contribution in [0.15, 0.2) is 77.7 Å². The second-order valence-electron chi connectivity index (χ2n) is 6.93. The van der Waals surface area contributed by atoms with Crippen molar-refractivity contribution in [3.8, 4) is 17.2 Å². The van der Waals surface area contributed by atoms with Crippen molar-refractivity contribution in [3.63, 3.8) is 0 Å². The molecule has 0 saturated carbocycles. The molecule has 3 aromatic carbocycles. The Morgan fingerprint density at radius 2 is 1.38 bits per heavy atom. The van der Waals surface area contributed by atoms with Gasteiger partial charge < -0.3 is 9.47 Å². The molecule has 34 heavy (non-hydrogen) atoms. The number of carbonyl (C=O) groups excluding carboxylic acids is 1. The minimum Gasteiger partial charge on any atom is -0.457 e. The number of hydrogen-bond donors (Lipinski definition) is 1. The third-order valence-electron chi connectivity index (χ3n) is 4.54. The van der Waals surface area contributed by atoms with Gasteiger partial charge in [-0.1, -0.05) is 12.1 Å². The zero-order valence-electron chi connectivity index (χ0n) is 17.1. The number of ether oxygens (including phenoxy) is 2. The summed E-state index contributed by atoms with van der Waals surface area (Å²) in [4.78, 5) is 10.9. The molecule has 0 aliphatic rings. The highest BCUT2D eigenvalue weighted by Gasteiger charge is 2.31. The van der Waals surface area contributed by atoms with E-state index in [0.717, 1.165) is 24.3 Å². The van der Waals surface area contributed by atoms with Gasteiger partial charge in [-0.15, -0.1) is 13.2 Å². The van der Waals surface area contributed by atoms with E-state index in [1.807, 2.05) is 0 Å². The second-order valence-corrected chi connectivity index (χ2v) is 8.96. The van der Waals surface area contributed by atoms with E-state index >= 15 is 0 Å². The van der Waals surface area contributed by atoms with Crippen LogP contribution in [-0.2, 0) is 14.6 Å². The molecule has 1 unspecified atom stereocenters. The van der Waals surface area contributed by atoms with E-state index in [4.69, 9.17) is 4.74 Å². The standard InChI is InChI=1S/C22H17F4NO6S/c23-16-3-1-15(2-4-16)21(27(29)14-28)13-34(30,31)20-11-9-18(10-12-20)32-17-5-7-19(8-6-17)33-22(24,25)26/h1-12,14,21,29H,13H2. The quantitative estimate of drug-likeness (QED) is 0.195. The van der Waals surface area contributed by atoms with Gasteiger partial charge in [-0.3, -0.25) is 10.0 Å². The molecular weight excluding hydrogens is 482 g/mol. The zero-order chi connectivity index (χ0) is 24.9. The van der Waals surface area contributed by atoms with Gasteiger partial charge in [0.05, 0.1) is 16.7 Å². The molecule has 0 fully saturated rings. The first kappa shape index (κ1) is 25.0. The number of amides is 1. The highest BCUT2D eigenvalue weighted by atomic mass is 32.2. The minimum atomic E-state index is -4.82. The molecular formula is C22H17F4NO6S. The predicted octanol–water partition coefficient (Wildman–Crippen LogP) is 4.88. The van der Waals surface area contributed by atoms with E-state index in [1.165, 1.54) is 48.5 Å². The van der Waals surface area contributed by atoms with Crippen molar-refractivity contribution in [2.45, 2.75) is 17.3 Å². The van der Waals surface area contributed by atoms with Crippen LogP contribution in [0.5, 0.6) is 17.2 Å². The first-order valence-electron chi connectivity index (χ1n) is 9.51. The largest absolute Gasteiger partial charge is 0.573 e. The number of sulfone groups is 1. The van der Waals surface area contributed by atoms with Crippen molar-refractivity contribution < 1.29 is 45.5 Å². The van der Waals surface area contributed by atoms with Crippen molar-refractivity contribution in [2.24, 2.45) is 0 Å². The molecule has 0 saturated heterocycles. The first-order valence-corrected chi connectivity index (χ1v) is 11.2. The fraction of sp³-hybridized carbons (Fsp3) is 0.136. The summed E-state index contributed by atoms with van der Waals surface area (Å²) in [7, 11) is -4.02. The van der Waals surface area contributed by atoms with Crippen LogP contribution in [0.25, 0.3) is 0 Å². The van der Waals surface area contributed by atoms with Gasteiger partial charge in [-0.05, 0) is 66.2 Å². The molecule has 0 aliphatic heterocycles. The highest BCUT2D eigenvalue weighted by Crippen LogP contribution is 2.29. The third-order valence-corrected chi connectivity index (χ3v) is 6.28. The fourth-order valence-electron chi connectivity index (χ4n) is 2.95. The molecule has 3 aromatic rings. The maximum absolute atomic E-state index is 13.2. The van der Waals surface area contributed by atoms with E-state index in [0.29, 0.717) is 0 Å². The van der Waals surface area contributed by atoms with Crippen LogP contribution in [0, 0.1) is 5.82 Å². The van der Waals surface area contributed by atoms with Crippen molar-refractivity contribution in [1.29, 1.82) is 0 Å². The van der Waals surface area contributed by atoms with Gasteiger partial charge in [-0.2, -0.15) is 0 Å². The summed E-state index contributed by atoms with van der Waals surface area (Å²) in [6.07, 6.45) is -4.77. The van der Waals surface area contributed by atoms with Crippen LogP contribution in [0.1, 0.15) is 11.6 Å². The Bertz CT molecular complexity index is 1210. The van der Waals surface area contributed by atoms with E-state index in [-0.39, 0.29) is 33.4 Å². The molecule has 0 aromatic heterocycles. The van der Waals surface area contributed by atoms with Gasteiger partial charge in [0.1, 0.15) is 23.1 Å². The van der Waals surface area contributed by atoms with E-state index in [2.05, 4.69) is 4.74 Å². The van der Waals surface area contributed by atoms with E-state index < -0.39 is 39.6 Å². The van der Waals surface area contributed by atoms with Crippen LogP contribution < -0.4 is 9.47 Å². The maximum Gasteiger partial charge on any atom is 0.573 e. The van der Waals surface area contributed by atoms with Crippen LogP contribution >= 0.6 is 0 Å². The molecule has 0 radical (unpaired) electrons. The SMILES string of the molecule is O=CN(O)C(CS(=O)(=O)c1ccc(Oc2ccc(OC(F)(F)F)cc2)cc1)c1ccc(F)cc1. The number of halogens is 4. The number of hydroxylamine groups is 2. The number of benzene rings is 3. The summed E-state index contributed by atoms with van der Waals surface area (Å²) in [6, 6.07) is 13.1. The van der Waals surface area contributed by atoms with Crippen molar-refractivity contribution in [1.82, 2.24) is 5.06 Å². The fourth-order valence-corrected chi connectivity index (χ4v) is 4.45. The van der Waals surface area contributed by atoms with Crippen LogP contribution in [0.3, 0.4) is 0 Å². The monoisotopic (exact) mass is 499 g/mol. The Balaban J connectivity index is 1.73. The predicted molar refractivity (Wildman–Crippen MR) is 111 cm³/mol. The topological polar surface area (TPSA) is 93.1 Å². The zero-order valence-corrected chi connectivity index (χ0v) is 18.0. The van der Waals surface area contributed by atoms with Crippen LogP contribution in [0.2, 0.25) is 0 Å². The van der Waals surface area contributed by atoms with Crippen molar-refractivity contribution >= 4 is 16.2 Å². The molecule has 12 heteroatoms. The Hall–Kier alpha value is -3.64. The van der Waals surface area contributed by atoms with Gasteiger partial charge in [0, 0.05) is 0 Å². The minimum absolute atomic E-state index is 0.0471. The van der Waals surface area contributed by atoms with Crippen LogP contribution in [0.4, 0.5) is 17.6 Å². The molecule has 1 amide bonds. The molecule has 3 rings (SSSR count). The molecule has 1 N–H and O–H groups in total. The number of nitrogens with zero attached hydrogens (tertiary/aromatic N) is 1. The summed E-state index contributed by atoms with van der Waals surface area (Å²) in [5.41, 5.74) is 0.206. The molecule has 1 atom stereocenters. The number of carbonyl (C=O) groups is 1. The Kier molecular flexibility index (Phi) is 7.42.